The second kappa shape index (κ2) is 7.61. The van der Waals surface area contributed by atoms with Gasteiger partial charge in [-0.3, -0.25) is 0 Å². The molecule has 0 spiro atoms. The van der Waals surface area contributed by atoms with Crippen molar-refractivity contribution < 1.29 is 0 Å². The fourth-order valence-electron chi connectivity index (χ4n) is 3.17. The van der Waals surface area contributed by atoms with Gasteiger partial charge in [-0.1, -0.05) is 40.5 Å². The molecule has 0 saturated carbocycles. The maximum Gasteiger partial charge on any atom is 0.106 e. The lowest BCUT2D eigenvalue weighted by Crippen LogP contribution is -2.35. The summed E-state index contributed by atoms with van der Waals surface area (Å²) < 4.78 is 0. The van der Waals surface area contributed by atoms with Gasteiger partial charge in [0.15, 0.2) is 0 Å². The van der Waals surface area contributed by atoms with Crippen LogP contribution in [0.3, 0.4) is 0 Å². The van der Waals surface area contributed by atoms with Crippen molar-refractivity contribution in [1.82, 2.24) is 19.9 Å². The largest absolute Gasteiger partial charge is 0.349 e. The summed E-state index contributed by atoms with van der Waals surface area (Å²) in [7, 11) is 0. The second-order valence-electron chi connectivity index (χ2n) is 6.91. The van der Waals surface area contributed by atoms with Crippen molar-refractivity contribution in [2.24, 2.45) is 17.3 Å². The van der Waals surface area contributed by atoms with Crippen molar-refractivity contribution in [3.8, 4) is 0 Å². The molecule has 2 rings (SSSR count). The Morgan fingerprint density at radius 2 is 1.59 bits per heavy atom. The van der Waals surface area contributed by atoms with Crippen molar-refractivity contribution in [2.45, 2.75) is 52.9 Å². The maximum absolute atomic E-state index is 4.47. The molecule has 1 atom stereocenters. The summed E-state index contributed by atoms with van der Waals surface area (Å²) in [6.45, 7) is 11.1. The second-order valence-corrected chi connectivity index (χ2v) is 6.91. The summed E-state index contributed by atoms with van der Waals surface area (Å²) in [6, 6.07) is 0. The molecule has 2 aromatic rings. The molecule has 0 fully saturated rings. The van der Waals surface area contributed by atoms with Crippen LogP contribution in [-0.4, -0.2) is 19.9 Å². The number of aromatic nitrogens is 4. The normalized spacial score (nSPS) is 13.7. The topological polar surface area (TPSA) is 57.4 Å². The van der Waals surface area contributed by atoms with E-state index in [1.54, 1.807) is 0 Å². The van der Waals surface area contributed by atoms with E-state index in [1.165, 1.54) is 12.8 Å². The van der Waals surface area contributed by atoms with E-state index in [0.717, 1.165) is 30.9 Å². The molecular weight excluding hydrogens is 272 g/mol. The van der Waals surface area contributed by atoms with E-state index in [9.17, 15) is 0 Å². The van der Waals surface area contributed by atoms with Crippen LogP contribution >= 0.6 is 0 Å². The van der Waals surface area contributed by atoms with E-state index < -0.39 is 0 Å². The highest BCUT2D eigenvalue weighted by molar-refractivity contribution is 5.03. The molecule has 0 aliphatic rings. The first kappa shape index (κ1) is 16.8. The Hall–Kier alpha value is -1.58. The Morgan fingerprint density at radius 3 is 1.95 bits per heavy atom. The summed E-state index contributed by atoms with van der Waals surface area (Å²) in [5.74, 6) is 3.34. The van der Waals surface area contributed by atoms with Crippen LogP contribution in [0.4, 0.5) is 0 Å². The number of rotatable bonds is 9. The van der Waals surface area contributed by atoms with Crippen LogP contribution in [0.5, 0.6) is 0 Å². The molecule has 0 aromatic carbocycles. The third-order valence-corrected chi connectivity index (χ3v) is 4.85. The molecule has 2 aromatic heterocycles. The molecule has 2 heterocycles. The van der Waals surface area contributed by atoms with Gasteiger partial charge in [0.2, 0.25) is 0 Å². The van der Waals surface area contributed by atoms with Gasteiger partial charge in [-0.05, 0) is 23.7 Å². The van der Waals surface area contributed by atoms with Crippen molar-refractivity contribution in [1.29, 1.82) is 0 Å². The number of H-pyrrole nitrogens is 2. The highest BCUT2D eigenvalue weighted by atomic mass is 14.9. The number of imidazole rings is 2. The first-order valence-electron chi connectivity index (χ1n) is 8.31. The average molecular weight is 301 g/mol. The van der Waals surface area contributed by atoms with Gasteiger partial charge in [0.05, 0.1) is 0 Å². The molecule has 0 aliphatic carbocycles. The van der Waals surface area contributed by atoms with E-state index in [4.69, 9.17) is 0 Å². The predicted molar refractivity (Wildman–Crippen MR) is 90.2 cm³/mol. The zero-order valence-corrected chi connectivity index (χ0v) is 14.1. The lowest BCUT2D eigenvalue weighted by atomic mass is 9.66. The van der Waals surface area contributed by atoms with Gasteiger partial charge < -0.3 is 9.97 Å². The summed E-state index contributed by atoms with van der Waals surface area (Å²) in [5, 5.41) is 0. The van der Waals surface area contributed by atoms with Crippen LogP contribution in [0.2, 0.25) is 0 Å². The van der Waals surface area contributed by atoms with E-state index in [1.807, 2.05) is 24.8 Å². The minimum atomic E-state index is 0.141. The molecule has 22 heavy (non-hydrogen) atoms. The third-order valence-electron chi connectivity index (χ3n) is 4.85. The molecule has 1 radical (unpaired) electrons. The summed E-state index contributed by atoms with van der Waals surface area (Å²) in [5.41, 5.74) is 0.141. The molecule has 2 N–H and O–H groups in total. The quantitative estimate of drug-likeness (QED) is 0.729. The minimum Gasteiger partial charge on any atom is -0.349 e. The van der Waals surface area contributed by atoms with E-state index in [0.29, 0.717) is 11.8 Å². The minimum absolute atomic E-state index is 0.141. The van der Waals surface area contributed by atoms with Gasteiger partial charge in [0.25, 0.3) is 0 Å². The highest BCUT2D eigenvalue weighted by Crippen LogP contribution is 2.41. The van der Waals surface area contributed by atoms with Crippen molar-refractivity contribution in [3.63, 3.8) is 0 Å². The SMILES string of the molecule is [CH2]CC(C)C(CCC(C)C)(Cc1ncc[nH]1)Cc1ncc[nH]1. The van der Waals surface area contributed by atoms with Crippen molar-refractivity contribution in [3.05, 3.63) is 43.4 Å². The average Bonchev–Trinajstić information content (AvgIpc) is 3.17. The van der Waals surface area contributed by atoms with Crippen LogP contribution in [0.25, 0.3) is 0 Å². The van der Waals surface area contributed by atoms with Crippen LogP contribution in [0.15, 0.2) is 24.8 Å². The van der Waals surface area contributed by atoms with Crippen molar-refractivity contribution >= 4 is 0 Å². The van der Waals surface area contributed by atoms with E-state index in [2.05, 4.69) is 47.6 Å². The molecule has 4 heteroatoms. The Balaban J connectivity index is 2.28. The molecule has 0 saturated heterocycles. The van der Waals surface area contributed by atoms with Crippen LogP contribution in [0.1, 0.15) is 51.7 Å². The molecule has 1 unspecified atom stereocenters. The molecule has 0 bridgehead atoms. The van der Waals surface area contributed by atoms with Crippen molar-refractivity contribution in [2.75, 3.05) is 0 Å². The molecule has 4 nitrogen and oxygen atoms in total. The Kier molecular flexibility index (Phi) is 5.81. The molecule has 0 amide bonds. The Bertz CT molecular complexity index is 477. The van der Waals surface area contributed by atoms with Gasteiger partial charge in [-0.15, -0.1) is 0 Å². The van der Waals surface area contributed by atoms with E-state index >= 15 is 0 Å². The standard InChI is InChI=1S/C18H29N4/c1-5-15(4)18(7-6-14(2)3,12-16-19-8-9-20-16)13-17-21-10-11-22-17/h8-11,14-15H,1,5-7,12-13H2,2-4H3,(H,19,20)(H,21,22). The monoisotopic (exact) mass is 301 g/mol. The van der Waals surface area contributed by atoms with Gasteiger partial charge in [-0.25, -0.2) is 9.97 Å². The maximum atomic E-state index is 4.47. The first-order chi connectivity index (χ1) is 10.6. The number of nitrogens with one attached hydrogen (secondary N) is 2. The van der Waals surface area contributed by atoms with Crippen LogP contribution in [-0.2, 0) is 12.8 Å². The van der Waals surface area contributed by atoms with Crippen LogP contribution in [0, 0.1) is 24.2 Å². The number of hydrogen-bond acceptors (Lipinski definition) is 2. The van der Waals surface area contributed by atoms with Crippen LogP contribution < -0.4 is 0 Å². The number of aromatic amines is 2. The summed E-state index contributed by atoms with van der Waals surface area (Å²) in [4.78, 5) is 15.5. The van der Waals surface area contributed by atoms with Gasteiger partial charge in [0.1, 0.15) is 11.6 Å². The Labute approximate surface area is 134 Å². The lowest BCUT2D eigenvalue weighted by molar-refractivity contribution is 0.137. The molecule has 121 valence electrons. The molecular formula is C18H29N4. The number of hydrogen-bond donors (Lipinski definition) is 2. The number of nitrogens with zero attached hydrogens (tertiary/aromatic N) is 2. The van der Waals surface area contributed by atoms with Gasteiger partial charge >= 0.3 is 0 Å². The third kappa shape index (κ3) is 4.21. The lowest BCUT2D eigenvalue weighted by Gasteiger charge is -2.39. The fourth-order valence-corrected chi connectivity index (χ4v) is 3.17. The van der Waals surface area contributed by atoms with Gasteiger partial charge in [-0.2, -0.15) is 0 Å². The first-order valence-corrected chi connectivity index (χ1v) is 8.31. The zero-order valence-electron chi connectivity index (χ0n) is 14.1. The summed E-state index contributed by atoms with van der Waals surface area (Å²) >= 11 is 0. The van der Waals surface area contributed by atoms with E-state index in [-0.39, 0.29) is 5.41 Å². The smallest absolute Gasteiger partial charge is 0.106 e. The Morgan fingerprint density at radius 1 is 1.05 bits per heavy atom. The fraction of sp³-hybridized carbons (Fsp3) is 0.611. The van der Waals surface area contributed by atoms with Gasteiger partial charge in [0, 0.05) is 37.6 Å². The summed E-state index contributed by atoms with van der Waals surface area (Å²) in [6.07, 6.45) is 12.7. The zero-order chi connectivity index (χ0) is 16.0. The predicted octanol–water partition coefficient (Wildman–Crippen LogP) is 4.20. The molecule has 0 aliphatic heterocycles. The highest BCUT2D eigenvalue weighted by Gasteiger charge is 2.37.